The molecule has 0 bridgehead atoms. The van der Waals surface area contributed by atoms with Gasteiger partial charge in [-0.15, -0.1) is 0 Å². The van der Waals surface area contributed by atoms with Crippen LogP contribution in [0, 0.1) is 0 Å². The number of hydrogen-bond acceptors (Lipinski definition) is 6. The third kappa shape index (κ3) is 5.16. The predicted molar refractivity (Wildman–Crippen MR) is 77.1 cm³/mol. The van der Waals surface area contributed by atoms with Crippen LogP contribution in [0.25, 0.3) is 0 Å². The Kier molecular flexibility index (Phi) is 6.90. The minimum absolute atomic E-state index is 0.000423. The number of nitrogens with one attached hydrogen (secondary N) is 1. The SMILES string of the molecule is CCOc1ccc(S(=O)(=O)NCC(O)CO)cc1OCC. The molecule has 0 heterocycles. The molecule has 1 aromatic rings. The third-order valence-electron chi connectivity index (χ3n) is 2.54. The molecule has 0 aromatic heterocycles. The highest BCUT2D eigenvalue weighted by atomic mass is 32.2. The van der Waals surface area contributed by atoms with Crippen molar-refractivity contribution in [2.24, 2.45) is 0 Å². The number of ether oxygens (including phenoxy) is 2. The molecule has 1 rings (SSSR count). The van der Waals surface area contributed by atoms with Crippen molar-refractivity contribution < 1.29 is 28.1 Å². The summed E-state index contributed by atoms with van der Waals surface area (Å²) in [6.07, 6.45) is -1.14. The fourth-order valence-electron chi connectivity index (χ4n) is 1.55. The second-order valence-corrected chi connectivity index (χ2v) is 5.93. The lowest BCUT2D eigenvalue weighted by molar-refractivity contribution is 0.0988. The highest BCUT2D eigenvalue weighted by Gasteiger charge is 2.18. The van der Waals surface area contributed by atoms with Crippen LogP contribution in [0.5, 0.6) is 11.5 Å². The fraction of sp³-hybridized carbons (Fsp3) is 0.538. The van der Waals surface area contributed by atoms with Gasteiger partial charge in [-0.05, 0) is 26.0 Å². The van der Waals surface area contributed by atoms with Crippen molar-refractivity contribution in [1.82, 2.24) is 4.72 Å². The fourth-order valence-corrected chi connectivity index (χ4v) is 2.64. The van der Waals surface area contributed by atoms with E-state index in [0.29, 0.717) is 24.7 Å². The molecule has 8 heteroatoms. The van der Waals surface area contributed by atoms with Gasteiger partial charge in [0.25, 0.3) is 0 Å². The summed E-state index contributed by atoms with van der Waals surface area (Å²) >= 11 is 0. The van der Waals surface area contributed by atoms with Crippen LogP contribution in [0.3, 0.4) is 0 Å². The molecular weight excluding hydrogens is 298 g/mol. The molecular formula is C13H21NO6S. The van der Waals surface area contributed by atoms with E-state index in [4.69, 9.17) is 14.6 Å². The summed E-state index contributed by atoms with van der Waals surface area (Å²) < 4.78 is 37.1. The zero-order chi connectivity index (χ0) is 15.9. The van der Waals surface area contributed by atoms with Crippen LogP contribution >= 0.6 is 0 Å². The molecule has 0 radical (unpaired) electrons. The highest BCUT2D eigenvalue weighted by molar-refractivity contribution is 7.89. The zero-order valence-electron chi connectivity index (χ0n) is 12.1. The van der Waals surface area contributed by atoms with Crippen LogP contribution in [0.4, 0.5) is 0 Å². The maximum Gasteiger partial charge on any atom is 0.240 e. The Labute approximate surface area is 124 Å². The molecule has 0 aliphatic heterocycles. The molecule has 0 amide bonds. The first-order valence-corrected chi connectivity index (χ1v) is 8.11. The molecule has 3 N–H and O–H groups in total. The monoisotopic (exact) mass is 319 g/mol. The van der Waals surface area contributed by atoms with Gasteiger partial charge in [0.05, 0.1) is 30.8 Å². The van der Waals surface area contributed by atoms with Gasteiger partial charge in [-0.3, -0.25) is 0 Å². The van der Waals surface area contributed by atoms with Crippen molar-refractivity contribution >= 4 is 10.0 Å². The minimum atomic E-state index is -3.79. The van der Waals surface area contributed by atoms with E-state index >= 15 is 0 Å². The summed E-state index contributed by atoms with van der Waals surface area (Å²) in [6, 6.07) is 4.27. The molecule has 0 spiro atoms. The van der Waals surface area contributed by atoms with Gasteiger partial charge in [0.15, 0.2) is 11.5 Å². The molecule has 1 unspecified atom stereocenters. The van der Waals surface area contributed by atoms with Crippen molar-refractivity contribution in [2.75, 3.05) is 26.4 Å². The molecule has 120 valence electrons. The Morgan fingerprint density at radius 2 is 1.81 bits per heavy atom. The van der Waals surface area contributed by atoms with Crippen molar-refractivity contribution in [1.29, 1.82) is 0 Å². The van der Waals surface area contributed by atoms with Gasteiger partial charge in [-0.25, -0.2) is 13.1 Å². The number of aliphatic hydroxyl groups is 2. The van der Waals surface area contributed by atoms with Gasteiger partial charge in [-0.1, -0.05) is 0 Å². The molecule has 0 aliphatic carbocycles. The van der Waals surface area contributed by atoms with Crippen LogP contribution in [0.15, 0.2) is 23.1 Å². The lowest BCUT2D eigenvalue weighted by Crippen LogP contribution is -2.33. The summed E-state index contributed by atoms with van der Waals surface area (Å²) in [6.45, 7) is 3.63. The van der Waals surface area contributed by atoms with Crippen LogP contribution in [-0.2, 0) is 10.0 Å². The lowest BCUT2D eigenvalue weighted by atomic mass is 10.3. The van der Waals surface area contributed by atoms with Crippen molar-refractivity contribution in [3.8, 4) is 11.5 Å². The zero-order valence-corrected chi connectivity index (χ0v) is 12.9. The van der Waals surface area contributed by atoms with Gasteiger partial charge >= 0.3 is 0 Å². The smallest absolute Gasteiger partial charge is 0.240 e. The minimum Gasteiger partial charge on any atom is -0.490 e. The molecule has 0 fully saturated rings. The Morgan fingerprint density at radius 1 is 1.19 bits per heavy atom. The van der Waals surface area contributed by atoms with Gasteiger partial charge in [-0.2, -0.15) is 0 Å². The van der Waals surface area contributed by atoms with Gasteiger partial charge in [0.2, 0.25) is 10.0 Å². The molecule has 0 saturated heterocycles. The highest BCUT2D eigenvalue weighted by Crippen LogP contribution is 2.30. The van der Waals surface area contributed by atoms with E-state index in [0.717, 1.165) is 0 Å². The number of hydrogen-bond donors (Lipinski definition) is 3. The van der Waals surface area contributed by atoms with Crippen molar-refractivity contribution in [3.63, 3.8) is 0 Å². The number of sulfonamides is 1. The summed E-state index contributed by atoms with van der Waals surface area (Å²) in [5.41, 5.74) is 0. The first-order valence-electron chi connectivity index (χ1n) is 6.62. The van der Waals surface area contributed by atoms with Crippen molar-refractivity contribution in [3.05, 3.63) is 18.2 Å². The number of benzene rings is 1. The maximum absolute atomic E-state index is 12.1. The van der Waals surface area contributed by atoms with Crippen LogP contribution in [0.2, 0.25) is 0 Å². The van der Waals surface area contributed by atoms with Gasteiger partial charge < -0.3 is 19.7 Å². The molecule has 0 aliphatic rings. The Bertz CT molecular complexity index is 546. The van der Waals surface area contributed by atoms with E-state index < -0.39 is 22.7 Å². The normalized spacial score (nSPS) is 13.0. The van der Waals surface area contributed by atoms with Gasteiger partial charge in [0, 0.05) is 12.6 Å². The van der Waals surface area contributed by atoms with Crippen LogP contribution < -0.4 is 14.2 Å². The lowest BCUT2D eigenvalue weighted by Gasteiger charge is -2.14. The van der Waals surface area contributed by atoms with E-state index in [1.807, 2.05) is 6.92 Å². The first-order chi connectivity index (χ1) is 9.94. The largest absolute Gasteiger partial charge is 0.490 e. The Morgan fingerprint density at radius 3 is 2.38 bits per heavy atom. The predicted octanol–water partition coefficient (Wildman–Crippen LogP) is 0.115. The topological polar surface area (TPSA) is 105 Å². The molecule has 0 saturated carbocycles. The van der Waals surface area contributed by atoms with E-state index in [2.05, 4.69) is 4.72 Å². The summed E-state index contributed by atoms with van der Waals surface area (Å²) in [4.78, 5) is -0.000423. The van der Waals surface area contributed by atoms with Crippen molar-refractivity contribution in [2.45, 2.75) is 24.8 Å². The van der Waals surface area contributed by atoms with Crippen LogP contribution in [-0.4, -0.2) is 51.1 Å². The Hall–Kier alpha value is -1.35. The summed E-state index contributed by atoms with van der Waals surface area (Å²) in [5.74, 6) is 0.804. The molecule has 7 nitrogen and oxygen atoms in total. The van der Waals surface area contributed by atoms with E-state index in [-0.39, 0.29) is 11.4 Å². The second-order valence-electron chi connectivity index (χ2n) is 4.16. The molecule has 1 atom stereocenters. The van der Waals surface area contributed by atoms with Crippen LogP contribution in [0.1, 0.15) is 13.8 Å². The third-order valence-corrected chi connectivity index (χ3v) is 3.97. The van der Waals surface area contributed by atoms with Gasteiger partial charge in [0.1, 0.15) is 0 Å². The first kappa shape index (κ1) is 17.7. The van der Waals surface area contributed by atoms with E-state index in [1.165, 1.54) is 18.2 Å². The number of aliphatic hydroxyl groups excluding tert-OH is 2. The molecule has 1 aromatic carbocycles. The summed E-state index contributed by atoms with van der Waals surface area (Å²) in [5, 5.41) is 17.9. The standard InChI is InChI=1S/C13H21NO6S/c1-3-19-12-6-5-11(7-13(12)20-4-2)21(17,18)14-8-10(16)9-15/h5-7,10,14-16H,3-4,8-9H2,1-2H3. The molecule has 21 heavy (non-hydrogen) atoms. The maximum atomic E-state index is 12.1. The second kappa shape index (κ2) is 8.18. The van der Waals surface area contributed by atoms with E-state index in [1.54, 1.807) is 6.92 Å². The summed E-state index contributed by atoms with van der Waals surface area (Å²) in [7, 11) is -3.79. The average Bonchev–Trinajstić information content (AvgIpc) is 2.47. The average molecular weight is 319 g/mol. The Balaban J connectivity index is 2.98. The quantitative estimate of drug-likeness (QED) is 0.597. The van der Waals surface area contributed by atoms with E-state index in [9.17, 15) is 13.5 Å². The number of rotatable bonds is 9.